The molecule has 2 heterocycles. The van der Waals surface area contributed by atoms with Gasteiger partial charge in [-0.2, -0.15) is 0 Å². The monoisotopic (exact) mass is 445 g/mol. The van der Waals surface area contributed by atoms with E-state index in [-0.39, 0.29) is 22.1 Å². The first-order chi connectivity index (χ1) is 14.9. The Hall–Kier alpha value is -2.93. The smallest absolute Gasteiger partial charge is 0.236 e. The van der Waals surface area contributed by atoms with Gasteiger partial charge in [0.25, 0.3) is 0 Å². The number of halogens is 1. The minimum atomic E-state index is -1.65. The molecule has 2 unspecified atom stereocenters. The maximum absolute atomic E-state index is 13.4. The number of furan rings is 1. The Morgan fingerprint density at radius 1 is 1.26 bits per heavy atom. The quantitative estimate of drug-likeness (QED) is 0.509. The zero-order valence-electron chi connectivity index (χ0n) is 17.6. The minimum absolute atomic E-state index is 0.131. The van der Waals surface area contributed by atoms with Gasteiger partial charge in [-0.25, -0.2) is 0 Å². The lowest BCUT2D eigenvalue weighted by atomic mass is 9.74. The van der Waals surface area contributed by atoms with Gasteiger partial charge in [-0.15, -0.1) is 0 Å². The molecule has 1 spiro atoms. The molecular formula is C23H24ClNO6. The van der Waals surface area contributed by atoms with Crippen LogP contribution in [0.2, 0.25) is 5.02 Å². The van der Waals surface area contributed by atoms with Crippen LogP contribution in [0, 0.1) is 5.92 Å². The third-order valence-electron chi connectivity index (χ3n) is 5.84. The van der Waals surface area contributed by atoms with Crippen molar-refractivity contribution in [3.63, 3.8) is 0 Å². The zero-order valence-corrected chi connectivity index (χ0v) is 18.4. The van der Waals surface area contributed by atoms with Gasteiger partial charge in [0.05, 0.1) is 20.5 Å². The van der Waals surface area contributed by atoms with E-state index in [9.17, 15) is 9.59 Å². The highest BCUT2D eigenvalue weighted by molar-refractivity contribution is 6.36. The van der Waals surface area contributed by atoms with E-state index >= 15 is 0 Å². The highest BCUT2D eigenvalue weighted by Crippen LogP contribution is 2.52. The third-order valence-corrected chi connectivity index (χ3v) is 6.20. The summed E-state index contributed by atoms with van der Waals surface area (Å²) >= 11 is 6.40. The molecule has 1 N–H and O–H groups in total. The van der Waals surface area contributed by atoms with Crippen molar-refractivity contribution in [3.8, 4) is 17.2 Å². The summed E-state index contributed by atoms with van der Waals surface area (Å²) in [7, 11) is 2.90. The van der Waals surface area contributed by atoms with Gasteiger partial charge in [-0.1, -0.05) is 18.5 Å². The average molecular weight is 446 g/mol. The van der Waals surface area contributed by atoms with E-state index in [1.807, 2.05) is 19.1 Å². The molecule has 1 aromatic heterocycles. The maximum atomic E-state index is 13.4. The summed E-state index contributed by atoms with van der Waals surface area (Å²) in [5.41, 5.74) is -0.687. The molecule has 2 atom stereocenters. The van der Waals surface area contributed by atoms with Crippen molar-refractivity contribution < 1.29 is 28.2 Å². The summed E-state index contributed by atoms with van der Waals surface area (Å²) in [5.74, 6) is 0.395. The average Bonchev–Trinajstić information content (AvgIpc) is 3.38. The number of fused-ring (bicyclic) bond motifs is 1. The van der Waals surface area contributed by atoms with Gasteiger partial charge >= 0.3 is 0 Å². The predicted molar refractivity (Wildman–Crippen MR) is 114 cm³/mol. The molecule has 0 radical (unpaired) electrons. The van der Waals surface area contributed by atoms with Crippen LogP contribution in [0.1, 0.15) is 35.9 Å². The van der Waals surface area contributed by atoms with E-state index < -0.39 is 23.1 Å². The molecule has 0 saturated carbocycles. The first-order valence-electron chi connectivity index (χ1n) is 10.1. The fraction of sp³-hybridized carbons (Fsp3) is 0.391. The summed E-state index contributed by atoms with van der Waals surface area (Å²) in [6, 6.07) is 5.32. The molecule has 1 aromatic carbocycles. The van der Waals surface area contributed by atoms with Gasteiger partial charge in [-0.05, 0) is 25.0 Å². The lowest BCUT2D eigenvalue weighted by Gasteiger charge is -2.35. The SMILES string of the molecule is COc1cc(OC)c2c(c1Cl)OC1(C(=O)C=C(NCCCc3ccco3)CC1C)C2=O. The molecule has 31 heavy (non-hydrogen) atoms. The molecule has 0 bridgehead atoms. The van der Waals surface area contributed by atoms with Crippen molar-refractivity contribution in [1.29, 1.82) is 0 Å². The number of aryl methyl sites for hydroxylation is 1. The molecule has 7 nitrogen and oxygen atoms in total. The van der Waals surface area contributed by atoms with Crippen LogP contribution in [0.5, 0.6) is 17.2 Å². The number of hydrogen-bond donors (Lipinski definition) is 1. The molecule has 1 aliphatic carbocycles. The Bertz CT molecular complexity index is 1040. The first kappa shape index (κ1) is 21.3. The molecule has 0 saturated heterocycles. The number of carbonyl (C=O) groups excluding carboxylic acids is 2. The fourth-order valence-corrected chi connectivity index (χ4v) is 4.48. The van der Waals surface area contributed by atoms with E-state index in [1.165, 1.54) is 26.4 Å². The van der Waals surface area contributed by atoms with Crippen molar-refractivity contribution >= 4 is 23.2 Å². The number of carbonyl (C=O) groups is 2. The Balaban J connectivity index is 1.55. The highest BCUT2D eigenvalue weighted by Gasteiger charge is 2.60. The zero-order chi connectivity index (χ0) is 22.2. The normalized spacial score (nSPS) is 22.2. The summed E-state index contributed by atoms with van der Waals surface area (Å²) in [4.78, 5) is 26.6. The number of allylic oxidation sites excluding steroid dienone is 1. The number of benzene rings is 1. The molecule has 164 valence electrons. The van der Waals surface area contributed by atoms with Crippen LogP contribution in [-0.2, 0) is 11.2 Å². The van der Waals surface area contributed by atoms with Crippen molar-refractivity contribution in [3.05, 3.63) is 52.6 Å². The van der Waals surface area contributed by atoms with Crippen LogP contribution in [0.4, 0.5) is 0 Å². The van der Waals surface area contributed by atoms with Crippen molar-refractivity contribution in [1.82, 2.24) is 5.32 Å². The Morgan fingerprint density at radius 2 is 2.03 bits per heavy atom. The van der Waals surface area contributed by atoms with Crippen LogP contribution in [-0.4, -0.2) is 37.9 Å². The number of hydrogen-bond acceptors (Lipinski definition) is 7. The summed E-state index contributed by atoms with van der Waals surface area (Å²) in [6.07, 6.45) is 5.26. The number of rotatable bonds is 7. The standard InChI is InChI=1S/C23H24ClNO6/c1-13-10-14(25-8-4-6-15-7-5-9-30-15)11-18(26)23(13)22(27)19-16(28-2)12-17(29-3)20(24)21(19)31-23/h5,7,9,11-13,25H,4,6,8,10H2,1-3H3. The second kappa shape index (κ2) is 8.30. The fourth-order valence-electron chi connectivity index (χ4n) is 4.22. The van der Waals surface area contributed by atoms with Gasteiger partial charge in [0, 0.05) is 36.7 Å². The number of methoxy groups -OCH3 is 2. The molecule has 1 aliphatic heterocycles. The summed E-state index contributed by atoms with van der Waals surface area (Å²) in [5, 5.41) is 3.45. The van der Waals surface area contributed by atoms with Gasteiger partial charge in [0.2, 0.25) is 17.2 Å². The summed E-state index contributed by atoms with van der Waals surface area (Å²) < 4.78 is 22.0. The van der Waals surface area contributed by atoms with E-state index in [4.69, 9.17) is 30.2 Å². The van der Waals surface area contributed by atoms with Crippen LogP contribution in [0.3, 0.4) is 0 Å². The van der Waals surface area contributed by atoms with Crippen molar-refractivity contribution in [2.45, 2.75) is 31.8 Å². The maximum Gasteiger partial charge on any atom is 0.236 e. The van der Waals surface area contributed by atoms with Crippen LogP contribution in [0.25, 0.3) is 0 Å². The first-order valence-corrected chi connectivity index (χ1v) is 10.5. The Morgan fingerprint density at radius 3 is 2.68 bits per heavy atom. The van der Waals surface area contributed by atoms with E-state index in [2.05, 4.69) is 5.32 Å². The van der Waals surface area contributed by atoms with Crippen LogP contribution >= 0.6 is 11.6 Å². The third kappa shape index (κ3) is 3.47. The molecule has 8 heteroatoms. The largest absolute Gasteiger partial charge is 0.496 e. The number of ether oxygens (including phenoxy) is 3. The van der Waals surface area contributed by atoms with Gasteiger partial charge in [-0.3, -0.25) is 9.59 Å². The molecular weight excluding hydrogens is 422 g/mol. The lowest BCUT2D eigenvalue weighted by Crippen LogP contribution is -2.55. The second-order valence-corrected chi connectivity index (χ2v) is 8.09. The number of ketones is 2. The molecule has 0 amide bonds. The van der Waals surface area contributed by atoms with Gasteiger partial charge in [0.15, 0.2) is 5.75 Å². The molecule has 4 rings (SSSR count). The molecule has 0 fully saturated rings. The Labute approximate surface area is 185 Å². The van der Waals surface area contributed by atoms with E-state index in [0.717, 1.165) is 24.3 Å². The van der Waals surface area contributed by atoms with Gasteiger partial charge < -0.3 is 23.9 Å². The predicted octanol–water partition coefficient (Wildman–Crippen LogP) is 3.98. The van der Waals surface area contributed by atoms with Crippen LogP contribution in [0.15, 0.2) is 40.7 Å². The topological polar surface area (TPSA) is 87.0 Å². The van der Waals surface area contributed by atoms with E-state index in [0.29, 0.717) is 18.7 Å². The summed E-state index contributed by atoms with van der Waals surface area (Å²) in [6.45, 7) is 2.52. The lowest BCUT2D eigenvalue weighted by molar-refractivity contribution is -0.129. The van der Waals surface area contributed by atoms with Crippen molar-refractivity contribution in [2.24, 2.45) is 5.92 Å². The van der Waals surface area contributed by atoms with Crippen LogP contribution < -0.4 is 19.5 Å². The number of Topliss-reactive ketones (excluding diaryl/α,β-unsaturated/α-hetero) is 1. The van der Waals surface area contributed by atoms with Crippen molar-refractivity contribution in [2.75, 3.05) is 20.8 Å². The second-order valence-electron chi connectivity index (χ2n) is 7.71. The number of nitrogens with one attached hydrogen (secondary N) is 1. The molecule has 2 aliphatic rings. The highest BCUT2D eigenvalue weighted by atomic mass is 35.5. The van der Waals surface area contributed by atoms with Gasteiger partial charge in [0.1, 0.15) is 27.8 Å². The minimum Gasteiger partial charge on any atom is -0.496 e. The van der Waals surface area contributed by atoms with E-state index in [1.54, 1.807) is 6.26 Å². The molecule has 2 aromatic rings. The Kier molecular flexibility index (Phi) is 5.71.